The number of rotatable bonds is 4. The van der Waals surface area contributed by atoms with Crippen molar-refractivity contribution in [3.8, 4) is 11.5 Å². The highest BCUT2D eigenvalue weighted by Crippen LogP contribution is 2.40. The summed E-state index contributed by atoms with van der Waals surface area (Å²) >= 11 is 0. The number of nitrogens with one attached hydrogen (secondary N) is 1. The maximum absolute atomic E-state index is 13.6. The molecule has 1 N–H and O–H groups in total. The molecule has 0 radical (unpaired) electrons. The van der Waals surface area contributed by atoms with Crippen molar-refractivity contribution in [2.75, 3.05) is 7.05 Å². The molecule has 0 saturated carbocycles. The molecule has 134 valence electrons. The lowest BCUT2D eigenvalue weighted by molar-refractivity contribution is -0.135. The van der Waals surface area contributed by atoms with E-state index in [4.69, 9.17) is 4.52 Å². The minimum absolute atomic E-state index is 0. The van der Waals surface area contributed by atoms with Crippen LogP contribution in [0.4, 0.5) is 13.2 Å². The van der Waals surface area contributed by atoms with Crippen LogP contribution in [0, 0.1) is 0 Å². The average molecular weight is 373 g/mol. The van der Waals surface area contributed by atoms with Crippen molar-refractivity contribution in [3.05, 3.63) is 41.9 Å². The molecule has 1 atom stereocenters. The topological polar surface area (TPSA) is 63.8 Å². The molecule has 1 unspecified atom stereocenters. The van der Waals surface area contributed by atoms with Crippen LogP contribution in [0.5, 0.6) is 0 Å². The van der Waals surface area contributed by atoms with Crippen LogP contribution in [0.2, 0.25) is 0 Å². The number of benzene rings is 1. The van der Waals surface area contributed by atoms with Crippen LogP contribution in [-0.2, 0) is 12.6 Å². The molecule has 2 heterocycles. The number of likely N-dealkylation sites (N-methyl/N-ethyl adjacent to an activating group) is 1. The van der Waals surface area contributed by atoms with Gasteiger partial charge in [-0.15, -0.1) is 12.4 Å². The van der Waals surface area contributed by atoms with Gasteiger partial charge in [-0.3, -0.25) is 4.98 Å². The van der Waals surface area contributed by atoms with Gasteiger partial charge in [0.05, 0.1) is 16.6 Å². The predicted molar refractivity (Wildman–Crippen MR) is 89.5 cm³/mol. The zero-order valence-electron chi connectivity index (χ0n) is 13.5. The zero-order chi connectivity index (χ0) is 17.3. The Bertz CT molecular complexity index is 866. The first-order chi connectivity index (χ1) is 11.4. The number of nitrogens with zero attached hydrogens (tertiary/aromatic N) is 3. The highest BCUT2D eigenvalue weighted by atomic mass is 35.5. The minimum Gasteiger partial charge on any atom is -0.334 e. The summed E-state index contributed by atoms with van der Waals surface area (Å²) in [6.07, 6.45) is -2.99. The number of aromatic nitrogens is 3. The third-order valence-electron chi connectivity index (χ3n) is 3.74. The Hall–Kier alpha value is -2.19. The van der Waals surface area contributed by atoms with Crippen LogP contribution in [0.3, 0.4) is 0 Å². The highest BCUT2D eigenvalue weighted by molar-refractivity contribution is 5.87. The summed E-state index contributed by atoms with van der Waals surface area (Å²) in [6, 6.07) is 6.17. The lowest BCUT2D eigenvalue weighted by Crippen LogP contribution is -2.24. The minimum atomic E-state index is -4.56. The van der Waals surface area contributed by atoms with Gasteiger partial charge in [-0.05, 0) is 20.0 Å². The molecular weight excluding hydrogens is 357 g/mol. The second-order valence-corrected chi connectivity index (χ2v) is 5.47. The maximum atomic E-state index is 13.6. The Kier molecular flexibility index (Phi) is 5.64. The number of fused-ring (bicyclic) bond motifs is 1. The third-order valence-corrected chi connectivity index (χ3v) is 3.74. The lowest BCUT2D eigenvalue weighted by atomic mass is 10.0. The summed E-state index contributed by atoms with van der Waals surface area (Å²) in [7, 11) is 1.78. The van der Waals surface area contributed by atoms with E-state index in [1.54, 1.807) is 13.1 Å². The Morgan fingerprint density at radius 1 is 1.24 bits per heavy atom. The van der Waals surface area contributed by atoms with E-state index in [1.807, 2.05) is 6.92 Å². The maximum Gasteiger partial charge on any atom is 0.417 e. The first-order valence-corrected chi connectivity index (χ1v) is 7.35. The molecule has 0 aliphatic rings. The quantitative estimate of drug-likeness (QED) is 0.753. The standard InChI is InChI=1S/C16H15F3N4O.ClH/c1-9(20-2)7-13-22-15(24-23-13)11-8-21-12-6-4-3-5-10(12)14(11)16(17,18)19;/h3-6,8-9,20H,7H2,1-2H3;1H. The van der Waals surface area contributed by atoms with Crippen LogP contribution in [0.15, 0.2) is 35.0 Å². The summed E-state index contributed by atoms with van der Waals surface area (Å²) in [5, 5.41) is 6.78. The van der Waals surface area contributed by atoms with E-state index in [2.05, 4.69) is 20.4 Å². The second kappa shape index (κ2) is 7.37. The van der Waals surface area contributed by atoms with E-state index in [-0.39, 0.29) is 40.8 Å². The molecular formula is C16H16ClF3N4O. The second-order valence-electron chi connectivity index (χ2n) is 5.47. The van der Waals surface area contributed by atoms with Crippen molar-refractivity contribution in [1.29, 1.82) is 0 Å². The molecule has 0 bridgehead atoms. The molecule has 0 aliphatic heterocycles. The van der Waals surface area contributed by atoms with Crippen molar-refractivity contribution in [3.63, 3.8) is 0 Å². The van der Waals surface area contributed by atoms with E-state index >= 15 is 0 Å². The summed E-state index contributed by atoms with van der Waals surface area (Å²) in [6.45, 7) is 1.91. The Morgan fingerprint density at radius 2 is 1.96 bits per heavy atom. The van der Waals surface area contributed by atoms with Gasteiger partial charge in [0.1, 0.15) is 0 Å². The zero-order valence-corrected chi connectivity index (χ0v) is 14.3. The van der Waals surface area contributed by atoms with Gasteiger partial charge in [-0.2, -0.15) is 18.2 Å². The summed E-state index contributed by atoms with van der Waals surface area (Å²) < 4.78 is 45.9. The number of halogens is 4. The van der Waals surface area contributed by atoms with Crippen LogP contribution >= 0.6 is 12.4 Å². The van der Waals surface area contributed by atoms with Crippen LogP contribution in [0.25, 0.3) is 22.4 Å². The first-order valence-electron chi connectivity index (χ1n) is 7.35. The molecule has 0 spiro atoms. The van der Waals surface area contributed by atoms with Crippen molar-refractivity contribution in [2.45, 2.75) is 25.6 Å². The summed E-state index contributed by atoms with van der Waals surface area (Å²) in [5.41, 5.74) is -0.765. The Labute approximate surface area is 148 Å². The van der Waals surface area contributed by atoms with Crippen LogP contribution < -0.4 is 5.32 Å². The fourth-order valence-corrected chi connectivity index (χ4v) is 2.43. The summed E-state index contributed by atoms with van der Waals surface area (Å²) in [5.74, 6) is 0.159. The molecule has 5 nitrogen and oxygen atoms in total. The fraction of sp³-hybridized carbons (Fsp3) is 0.312. The van der Waals surface area contributed by atoms with Gasteiger partial charge >= 0.3 is 6.18 Å². The number of para-hydroxylation sites is 1. The number of hydrogen-bond acceptors (Lipinski definition) is 5. The number of pyridine rings is 1. The Morgan fingerprint density at radius 3 is 2.64 bits per heavy atom. The van der Waals surface area contributed by atoms with Gasteiger partial charge in [0.15, 0.2) is 5.82 Å². The van der Waals surface area contributed by atoms with Crippen LogP contribution in [-0.4, -0.2) is 28.2 Å². The monoisotopic (exact) mass is 372 g/mol. The molecule has 1 aromatic carbocycles. The van der Waals surface area contributed by atoms with E-state index in [0.717, 1.165) is 6.20 Å². The fourth-order valence-electron chi connectivity index (χ4n) is 2.43. The molecule has 0 aliphatic carbocycles. The number of alkyl halides is 3. The SMILES string of the molecule is CNC(C)Cc1noc(-c2cnc3ccccc3c2C(F)(F)F)n1.Cl. The molecule has 0 fully saturated rings. The number of hydrogen-bond donors (Lipinski definition) is 1. The normalized spacial score (nSPS) is 12.8. The molecule has 25 heavy (non-hydrogen) atoms. The molecule has 3 aromatic rings. The van der Waals surface area contributed by atoms with Crippen molar-refractivity contribution in [1.82, 2.24) is 20.4 Å². The van der Waals surface area contributed by atoms with Gasteiger partial charge < -0.3 is 9.84 Å². The van der Waals surface area contributed by atoms with Gasteiger partial charge in [-0.25, -0.2) is 0 Å². The van der Waals surface area contributed by atoms with Crippen molar-refractivity contribution in [2.24, 2.45) is 0 Å². The Balaban J connectivity index is 0.00000225. The molecule has 3 rings (SSSR count). The van der Waals surface area contributed by atoms with E-state index in [1.165, 1.54) is 18.2 Å². The predicted octanol–water partition coefficient (Wildman–Crippen LogP) is 3.88. The highest BCUT2D eigenvalue weighted by Gasteiger charge is 2.37. The van der Waals surface area contributed by atoms with E-state index in [0.29, 0.717) is 12.2 Å². The first kappa shape index (κ1) is 19.1. The molecule has 0 saturated heterocycles. The molecule has 2 aromatic heterocycles. The smallest absolute Gasteiger partial charge is 0.334 e. The average Bonchev–Trinajstić information content (AvgIpc) is 3.01. The van der Waals surface area contributed by atoms with Crippen molar-refractivity contribution < 1.29 is 17.7 Å². The largest absolute Gasteiger partial charge is 0.417 e. The van der Waals surface area contributed by atoms with Gasteiger partial charge in [0.25, 0.3) is 5.89 Å². The molecule has 0 amide bonds. The van der Waals surface area contributed by atoms with E-state index in [9.17, 15) is 13.2 Å². The molecule has 9 heteroatoms. The van der Waals surface area contributed by atoms with Gasteiger partial charge in [-0.1, -0.05) is 23.4 Å². The van der Waals surface area contributed by atoms with Gasteiger partial charge in [0.2, 0.25) is 0 Å². The van der Waals surface area contributed by atoms with Gasteiger partial charge in [0, 0.05) is 24.0 Å². The van der Waals surface area contributed by atoms with E-state index < -0.39 is 11.7 Å². The summed E-state index contributed by atoms with van der Waals surface area (Å²) in [4.78, 5) is 8.17. The lowest BCUT2D eigenvalue weighted by Gasteiger charge is -2.13. The third kappa shape index (κ3) is 3.91. The van der Waals surface area contributed by atoms with Crippen LogP contribution in [0.1, 0.15) is 18.3 Å². The van der Waals surface area contributed by atoms with Crippen molar-refractivity contribution >= 4 is 23.3 Å².